The topological polar surface area (TPSA) is 76.2 Å². The molecular formula is C19H25N3O3. The molecule has 1 amide bonds. The summed E-state index contributed by atoms with van der Waals surface area (Å²) < 4.78 is 7.06. The highest BCUT2D eigenvalue weighted by Gasteiger charge is 2.23. The van der Waals surface area contributed by atoms with E-state index in [0.717, 1.165) is 36.6 Å². The van der Waals surface area contributed by atoms with Crippen LogP contribution in [0.4, 0.5) is 5.69 Å². The van der Waals surface area contributed by atoms with Crippen LogP contribution in [0.25, 0.3) is 10.9 Å². The Labute approximate surface area is 147 Å². The minimum atomic E-state index is -0.188. The van der Waals surface area contributed by atoms with Gasteiger partial charge in [-0.05, 0) is 44.9 Å². The second-order valence-corrected chi connectivity index (χ2v) is 6.89. The zero-order valence-electron chi connectivity index (χ0n) is 15.0. The number of rotatable bonds is 4. The Morgan fingerprint density at radius 2 is 2.00 bits per heavy atom. The Morgan fingerprint density at radius 3 is 2.64 bits per heavy atom. The fourth-order valence-corrected chi connectivity index (χ4v) is 3.54. The molecule has 1 heterocycles. The molecule has 0 spiro atoms. The smallest absolute Gasteiger partial charge is 0.267 e. The molecule has 1 fully saturated rings. The second-order valence-electron chi connectivity index (χ2n) is 6.89. The lowest BCUT2D eigenvalue weighted by Crippen LogP contribution is -2.15. The maximum absolute atomic E-state index is 12.3. The van der Waals surface area contributed by atoms with Crippen molar-refractivity contribution in [3.05, 3.63) is 18.2 Å². The Balaban J connectivity index is 2.00. The van der Waals surface area contributed by atoms with E-state index in [1.165, 1.54) is 6.42 Å². The summed E-state index contributed by atoms with van der Waals surface area (Å²) >= 11 is 0. The van der Waals surface area contributed by atoms with Gasteiger partial charge in [-0.25, -0.2) is 0 Å². The average molecular weight is 343 g/mol. The first-order chi connectivity index (χ1) is 12.0. The van der Waals surface area contributed by atoms with E-state index in [2.05, 4.69) is 10.2 Å². The highest BCUT2D eigenvalue weighted by Crippen LogP contribution is 2.42. The SMILES string of the molecule is COc1ccc2c(c1)c(N=NC(=O)C1CCCCC1)c(O)n2C(C)C. The van der Waals surface area contributed by atoms with Crippen molar-refractivity contribution in [2.24, 2.45) is 16.1 Å². The highest BCUT2D eigenvalue weighted by atomic mass is 16.5. The molecule has 6 nitrogen and oxygen atoms in total. The number of ether oxygens (including phenoxy) is 1. The summed E-state index contributed by atoms with van der Waals surface area (Å²) in [4.78, 5) is 12.3. The standard InChI is InChI=1S/C19H25N3O3/c1-12(2)22-16-10-9-14(25-3)11-15(16)17(19(22)24)20-21-18(23)13-7-5-4-6-8-13/h9-13,24H,4-8H2,1-3H3. The fraction of sp³-hybridized carbons (Fsp3) is 0.526. The van der Waals surface area contributed by atoms with Gasteiger partial charge in [-0.15, -0.1) is 10.2 Å². The lowest BCUT2D eigenvalue weighted by Gasteiger charge is -2.17. The second kappa shape index (κ2) is 7.25. The van der Waals surface area contributed by atoms with Gasteiger partial charge in [0.05, 0.1) is 12.6 Å². The van der Waals surface area contributed by atoms with E-state index >= 15 is 0 Å². The third kappa shape index (κ3) is 3.38. The van der Waals surface area contributed by atoms with Gasteiger partial charge in [0.15, 0.2) is 5.69 Å². The molecule has 0 bridgehead atoms. The van der Waals surface area contributed by atoms with Crippen LogP contribution in [0.2, 0.25) is 0 Å². The quantitative estimate of drug-likeness (QED) is 0.782. The van der Waals surface area contributed by atoms with Gasteiger partial charge < -0.3 is 14.4 Å². The first-order valence-corrected chi connectivity index (χ1v) is 8.89. The van der Waals surface area contributed by atoms with Crippen LogP contribution in [0.15, 0.2) is 28.4 Å². The van der Waals surface area contributed by atoms with E-state index in [1.807, 2.05) is 32.0 Å². The lowest BCUT2D eigenvalue weighted by molar-refractivity contribution is -0.122. The number of amides is 1. The summed E-state index contributed by atoms with van der Waals surface area (Å²) in [5.74, 6) is 0.474. The Kier molecular flexibility index (Phi) is 5.06. The number of nitrogens with zero attached hydrogens (tertiary/aromatic N) is 3. The third-order valence-corrected chi connectivity index (χ3v) is 4.88. The Morgan fingerprint density at radius 1 is 1.28 bits per heavy atom. The minimum absolute atomic E-state index is 0.0263. The first kappa shape index (κ1) is 17.5. The molecule has 1 aliphatic rings. The number of carbonyl (C=O) groups excluding carboxylic acids is 1. The van der Waals surface area contributed by atoms with Crippen LogP contribution in [0.5, 0.6) is 11.6 Å². The number of azo groups is 1. The summed E-state index contributed by atoms with van der Waals surface area (Å²) in [5.41, 5.74) is 1.17. The Hall–Kier alpha value is -2.37. The number of hydrogen-bond donors (Lipinski definition) is 1. The largest absolute Gasteiger partial charge is 0.497 e. The molecule has 134 valence electrons. The van der Waals surface area contributed by atoms with Crippen LogP contribution in [-0.4, -0.2) is 22.7 Å². The molecule has 2 aromatic rings. The molecule has 1 saturated carbocycles. The van der Waals surface area contributed by atoms with Crippen molar-refractivity contribution in [2.75, 3.05) is 7.11 Å². The summed E-state index contributed by atoms with van der Waals surface area (Å²) in [6, 6.07) is 5.59. The van der Waals surface area contributed by atoms with E-state index in [-0.39, 0.29) is 23.7 Å². The first-order valence-electron chi connectivity index (χ1n) is 8.89. The maximum atomic E-state index is 12.3. The molecule has 6 heteroatoms. The van der Waals surface area contributed by atoms with Gasteiger partial charge in [0.2, 0.25) is 5.88 Å². The number of hydrogen-bond acceptors (Lipinski definition) is 4. The lowest BCUT2D eigenvalue weighted by atomic mass is 9.89. The van der Waals surface area contributed by atoms with Gasteiger partial charge in [0.1, 0.15) is 5.75 Å². The van der Waals surface area contributed by atoms with Crippen molar-refractivity contribution >= 4 is 22.5 Å². The zero-order valence-corrected chi connectivity index (χ0v) is 15.0. The highest BCUT2D eigenvalue weighted by molar-refractivity contribution is 5.96. The van der Waals surface area contributed by atoms with Crippen molar-refractivity contribution in [2.45, 2.75) is 52.0 Å². The molecule has 0 radical (unpaired) electrons. The van der Waals surface area contributed by atoms with Gasteiger partial charge in [-0.1, -0.05) is 19.3 Å². The minimum Gasteiger partial charge on any atom is -0.497 e. The molecule has 0 unspecified atom stereocenters. The Bertz CT molecular complexity index is 802. The van der Waals surface area contributed by atoms with Gasteiger partial charge >= 0.3 is 0 Å². The summed E-state index contributed by atoms with van der Waals surface area (Å²) in [6.07, 6.45) is 5.09. The van der Waals surface area contributed by atoms with E-state index in [9.17, 15) is 9.90 Å². The van der Waals surface area contributed by atoms with Crippen LogP contribution in [0.1, 0.15) is 52.0 Å². The molecule has 3 rings (SSSR count). The predicted molar refractivity (Wildman–Crippen MR) is 96.6 cm³/mol. The maximum Gasteiger partial charge on any atom is 0.267 e. The monoisotopic (exact) mass is 343 g/mol. The summed E-state index contributed by atoms with van der Waals surface area (Å²) in [6.45, 7) is 3.97. The van der Waals surface area contributed by atoms with E-state index in [1.54, 1.807) is 11.7 Å². The van der Waals surface area contributed by atoms with E-state index in [4.69, 9.17) is 4.74 Å². The molecular weight excluding hydrogens is 318 g/mol. The number of carbonyl (C=O) groups is 1. The van der Waals surface area contributed by atoms with Crippen molar-refractivity contribution in [3.63, 3.8) is 0 Å². The van der Waals surface area contributed by atoms with Crippen LogP contribution < -0.4 is 4.74 Å². The van der Waals surface area contributed by atoms with Crippen molar-refractivity contribution < 1.29 is 14.6 Å². The van der Waals surface area contributed by atoms with Crippen LogP contribution >= 0.6 is 0 Å². The molecule has 1 aliphatic carbocycles. The van der Waals surface area contributed by atoms with Crippen LogP contribution in [-0.2, 0) is 4.79 Å². The summed E-state index contributed by atoms with van der Waals surface area (Å²) in [5, 5.41) is 19.4. The van der Waals surface area contributed by atoms with Crippen molar-refractivity contribution in [1.29, 1.82) is 0 Å². The van der Waals surface area contributed by atoms with E-state index in [0.29, 0.717) is 11.4 Å². The third-order valence-electron chi connectivity index (χ3n) is 4.88. The van der Waals surface area contributed by atoms with Gasteiger partial charge in [0.25, 0.3) is 5.91 Å². The fourth-order valence-electron chi connectivity index (χ4n) is 3.54. The summed E-state index contributed by atoms with van der Waals surface area (Å²) in [7, 11) is 1.59. The molecule has 0 atom stereocenters. The molecule has 25 heavy (non-hydrogen) atoms. The molecule has 0 aliphatic heterocycles. The predicted octanol–water partition coefficient (Wildman–Crippen LogP) is 5.13. The van der Waals surface area contributed by atoms with Crippen molar-refractivity contribution in [1.82, 2.24) is 4.57 Å². The van der Waals surface area contributed by atoms with E-state index < -0.39 is 0 Å². The molecule has 0 saturated heterocycles. The number of fused-ring (bicyclic) bond motifs is 1. The molecule has 1 N–H and O–H groups in total. The van der Waals surface area contributed by atoms with Gasteiger partial charge in [-0.3, -0.25) is 4.79 Å². The number of aromatic nitrogens is 1. The number of benzene rings is 1. The van der Waals surface area contributed by atoms with Crippen molar-refractivity contribution in [3.8, 4) is 11.6 Å². The normalized spacial score (nSPS) is 16.2. The number of methoxy groups -OCH3 is 1. The number of aromatic hydroxyl groups is 1. The van der Waals surface area contributed by atoms with Crippen LogP contribution in [0, 0.1) is 5.92 Å². The molecule has 1 aromatic carbocycles. The van der Waals surface area contributed by atoms with Gasteiger partial charge in [-0.2, -0.15) is 0 Å². The zero-order chi connectivity index (χ0) is 18.0. The average Bonchev–Trinajstić information content (AvgIpc) is 2.91. The molecule has 1 aromatic heterocycles. The van der Waals surface area contributed by atoms with Gasteiger partial charge in [0, 0.05) is 17.3 Å². The van der Waals surface area contributed by atoms with Crippen LogP contribution in [0.3, 0.4) is 0 Å².